The van der Waals surface area contributed by atoms with Crippen molar-refractivity contribution in [2.24, 2.45) is 0 Å². The summed E-state index contributed by atoms with van der Waals surface area (Å²) in [5, 5.41) is 8.64. The van der Waals surface area contributed by atoms with Crippen LogP contribution in [0.5, 0.6) is 11.5 Å². The summed E-state index contributed by atoms with van der Waals surface area (Å²) in [6.07, 6.45) is 2.53. The predicted molar refractivity (Wildman–Crippen MR) is 71.6 cm³/mol. The number of carboxylic acid groups (broad SMARTS) is 1. The van der Waals surface area contributed by atoms with Gasteiger partial charge in [-0.05, 0) is 31.2 Å². The van der Waals surface area contributed by atoms with Crippen molar-refractivity contribution in [3.8, 4) is 22.9 Å². The summed E-state index contributed by atoms with van der Waals surface area (Å²) < 4.78 is 10.6. The first-order chi connectivity index (χ1) is 9.63. The van der Waals surface area contributed by atoms with E-state index in [2.05, 4.69) is 9.97 Å². The quantitative estimate of drug-likeness (QED) is 0.837. The second-order valence-corrected chi connectivity index (χ2v) is 4.34. The summed E-state index contributed by atoms with van der Waals surface area (Å²) in [5.41, 5.74) is 2.25. The lowest BCUT2D eigenvalue weighted by molar-refractivity contribution is -0.131. The highest BCUT2D eigenvalue weighted by atomic mass is 16.7. The number of aryl methyl sites for hydroxylation is 1. The number of carbonyl (C=O) groups is 1. The fourth-order valence-corrected chi connectivity index (χ4v) is 1.97. The molecular formula is C14H12N2O4. The number of hydrogen-bond donors (Lipinski definition) is 2. The molecule has 0 atom stereocenters. The van der Waals surface area contributed by atoms with Crippen LogP contribution in [0.4, 0.5) is 0 Å². The minimum atomic E-state index is -1.00. The number of H-pyrrole nitrogens is 1. The molecule has 2 heterocycles. The third-order valence-corrected chi connectivity index (χ3v) is 2.95. The van der Waals surface area contributed by atoms with Crippen molar-refractivity contribution in [2.45, 2.75) is 6.92 Å². The Hall–Kier alpha value is -2.76. The fraction of sp³-hybridized carbons (Fsp3) is 0.143. The first kappa shape index (κ1) is 12.3. The first-order valence-electron chi connectivity index (χ1n) is 6.01. The van der Waals surface area contributed by atoms with Gasteiger partial charge in [-0.15, -0.1) is 0 Å². The maximum absolute atomic E-state index is 10.5. The van der Waals surface area contributed by atoms with Crippen molar-refractivity contribution in [3.63, 3.8) is 0 Å². The topological polar surface area (TPSA) is 84.4 Å². The van der Waals surface area contributed by atoms with E-state index >= 15 is 0 Å². The Bertz CT molecular complexity index is 703. The van der Waals surface area contributed by atoms with Gasteiger partial charge in [0.25, 0.3) is 0 Å². The van der Waals surface area contributed by atoms with E-state index in [0.717, 1.165) is 17.3 Å². The van der Waals surface area contributed by atoms with Crippen LogP contribution >= 0.6 is 0 Å². The van der Waals surface area contributed by atoms with E-state index in [0.29, 0.717) is 23.0 Å². The number of carboxylic acids is 1. The van der Waals surface area contributed by atoms with Crippen LogP contribution < -0.4 is 9.47 Å². The van der Waals surface area contributed by atoms with E-state index in [1.54, 1.807) is 0 Å². The Kier molecular flexibility index (Phi) is 2.90. The number of hydrogen-bond acceptors (Lipinski definition) is 4. The zero-order valence-corrected chi connectivity index (χ0v) is 10.7. The molecule has 0 spiro atoms. The molecule has 1 aromatic carbocycles. The molecule has 1 aliphatic rings. The maximum Gasteiger partial charge on any atom is 0.328 e. The number of rotatable bonds is 3. The molecule has 0 saturated carbocycles. The number of fused-ring (bicyclic) bond motifs is 1. The molecule has 0 radical (unpaired) electrons. The molecule has 0 saturated heterocycles. The summed E-state index contributed by atoms with van der Waals surface area (Å²) >= 11 is 0. The van der Waals surface area contributed by atoms with E-state index in [1.807, 2.05) is 25.1 Å². The number of aliphatic carboxylic acids is 1. The van der Waals surface area contributed by atoms with Crippen molar-refractivity contribution in [2.75, 3.05) is 6.79 Å². The number of aromatic amines is 1. The number of ether oxygens (including phenoxy) is 2. The second kappa shape index (κ2) is 4.73. The van der Waals surface area contributed by atoms with Gasteiger partial charge in [-0.2, -0.15) is 0 Å². The van der Waals surface area contributed by atoms with Crippen molar-refractivity contribution in [3.05, 3.63) is 35.7 Å². The van der Waals surface area contributed by atoms with Gasteiger partial charge >= 0.3 is 5.97 Å². The monoisotopic (exact) mass is 272 g/mol. The Morgan fingerprint density at radius 2 is 2.20 bits per heavy atom. The maximum atomic E-state index is 10.5. The Morgan fingerprint density at radius 3 is 3.00 bits per heavy atom. The summed E-state index contributed by atoms with van der Waals surface area (Å²) in [6, 6.07) is 5.53. The minimum absolute atomic E-state index is 0.225. The van der Waals surface area contributed by atoms with Crippen LogP contribution in [0.15, 0.2) is 24.3 Å². The van der Waals surface area contributed by atoms with Gasteiger partial charge in [0.1, 0.15) is 5.82 Å². The smallest absolute Gasteiger partial charge is 0.328 e. The molecule has 6 nitrogen and oxygen atoms in total. The largest absolute Gasteiger partial charge is 0.478 e. The Balaban J connectivity index is 1.95. The average Bonchev–Trinajstić information content (AvgIpc) is 3.01. The highest BCUT2D eigenvalue weighted by Crippen LogP contribution is 2.35. The second-order valence-electron chi connectivity index (χ2n) is 4.34. The molecule has 0 aliphatic carbocycles. The number of benzene rings is 1. The molecule has 2 aromatic rings. The van der Waals surface area contributed by atoms with Crippen molar-refractivity contribution >= 4 is 12.0 Å². The molecule has 102 valence electrons. The van der Waals surface area contributed by atoms with Gasteiger partial charge in [-0.1, -0.05) is 0 Å². The highest BCUT2D eigenvalue weighted by molar-refractivity contribution is 5.85. The van der Waals surface area contributed by atoms with Gasteiger partial charge in [0.15, 0.2) is 11.5 Å². The van der Waals surface area contributed by atoms with Crippen LogP contribution in [0.1, 0.15) is 11.4 Å². The number of nitrogens with zero attached hydrogens (tertiary/aromatic N) is 1. The van der Waals surface area contributed by atoms with Crippen LogP contribution in [0.3, 0.4) is 0 Å². The lowest BCUT2D eigenvalue weighted by Gasteiger charge is -1.99. The third kappa shape index (κ3) is 2.23. The summed E-state index contributed by atoms with van der Waals surface area (Å²) in [5.74, 6) is 1.05. The van der Waals surface area contributed by atoms with Crippen LogP contribution in [0, 0.1) is 6.92 Å². The van der Waals surface area contributed by atoms with Gasteiger partial charge < -0.3 is 19.6 Å². The summed E-state index contributed by atoms with van der Waals surface area (Å²) in [6.45, 7) is 2.06. The van der Waals surface area contributed by atoms with Crippen molar-refractivity contribution in [1.82, 2.24) is 9.97 Å². The van der Waals surface area contributed by atoms with Crippen LogP contribution in [-0.4, -0.2) is 27.8 Å². The minimum Gasteiger partial charge on any atom is -0.478 e. The molecule has 1 aromatic heterocycles. The number of aromatic nitrogens is 2. The normalized spacial score (nSPS) is 13.1. The van der Waals surface area contributed by atoms with Gasteiger partial charge in [0.2, 0.25) is 6.79 Å². The molecule has 0 bridgehead atoms. The number of nitrogens with one attached hydrogen (secondary N) is 1. The van der Waals surface area contributed by atoms with E-state index < -0.39 is 5.97 Å². The highest BCUT2D eigenvalue weighted by Gasteiger charge is 2.15. The van der Waals surface area contributed by atoms with E-state index in [4.69, 9.17) is 14.6 Å². The zero-order valence-electron chi connectivity index (χ0n) is 10.7. The van der Waals surface area contributed by atoms with Gasteiger partial charge in [0, 0.05) is 17.3 Å². The van der Waals surface area contributed by atoms with E-state index in [1.165, 1.54) is 6.08 Å². The molecule has 2 N–H and O–H groups in total. The van der Waals surface area contributed by atoms with E-state index in [9.17, 15) is 4.79 Å². The van der Waals surface area contributed by atoms with Gasteiger partial charge in [-0.25, -0.2) is 9.78 Å². The molecule has 6 heteroatoms. The summed E-state index contributed by atoms with van der Waals surface area (Å²) in [7, 11) is 0. The SMILES string of the molecule is Cc1[nH]c(-c2ccc3c(c2)OCO3)nc1/C=C/C(=O)O. The molecule has 3 rings (SSSR count). The average molecular weight is 272 g/mol. The van der Waals surface area contributed by atoms with Gasteiger partial charge in [0.05, 0.1) is 5.69 Å². The molecule has 1 aliphatic heterocycles. The van der Waals surface area contributed by atoms with Crippen LogP contribution in [-0.2, 0) is 4.79 Å². The molecule has 0 fully saturated rings. The third-order valence-electron chi connectivity index (χ3n) is 2.95. The number of imidazole rings is 1. The lowest BCUT2D eigenvalue weighted by atomic mass is 10.2. The van der Waals surface area contributed by atoms with Crippen LogP contribution in [0.2, 0.25) is 0 Å². The fourth-order valence-electron chi connectivity index (χ4n) is 1.97. The van der Waals surface area contributed by atoms with Crippen molar-refractivity contribution < 1.29 is 19.4 Å². The molecule has 0 amide bonds. The lowest BCUT2D eigenvalue weighted by Crippen LogP contribution is -1.92. The molecule has 0 unspecified atom stereocenters. The molecule has 20 heavy (non-hydrogen) atoms. The Labute approximate surface area is 114 Å². The van der Waals surface area contributed by atoms with Crippen LogP contribution in [0.25, 0.3) is 17.5 Å². The summed E-state index contributed by atoms with van der Waals surface area (Å²) in [4.78, 5) is 18.0. The molecular weight excluding hydrogens is 260 g/mol. The standard InChI is InChI=1S/C14H12N2O4/c1-8-10(3-5-13(17)18)16-14(15-8)9-2-4-11-12(6-9)20-7-19-11/h2-6H,7H2,1H3,(H,15,16)(H,17,18)/b5-3+. The zero-order chi connectivity index (χ0) is 14.1. The van der Waals surface area contributed by atoms with E-state index in [-0.39, 0.29) is 6.79 Å². The van der Waals surface area contributed by atoms with Gasteiger partial charge in [-0.3, -0.25) is 0 Å². The first-order valence-corrected chi connectivity index (χ1v) is 6.01. The predicted octanol–water partition coefficient (Wildman–Crippen LogP) is 2.21. The van der Waals surface area contributed by atoms with Crippen molar-refractivity contribution in [1.29, 1.82) is 0 Å². The Morgan fingerprint density at radius 1 is 1.40 bits per heavy atom.